The zero-order chi connectivity index (χ0) is 18.6. The number of para-hydroxylation sites is 1. The van der Waals surface area contributed by atoms with E-state index in [9.17, 15) is 13.2 Å². The molecule has 0 spiro atoms. The van der Waals surface area contributed by atoms with E-state index in [1.54, 1.807) is 29.2 Å². The summed E-state index contributed by atoms with van der Waals surface area (Å²) in [5.41, 5.74) is 0.534. The number of ether oxygens (including phenoxy) is 1. The molecule has 26 heavy (non-hydrogen) atoms. The number of benzene rings is 2. The zero-order valence-electron chi connectivity index (χ0n) is 14.7. The van der Waals surface area contributed by atoms with Gasteiger partial charge in [-0.3, -0.25) is 4.79 Å². The SMILES string of the molecule is CS(=O)(=O)N1CCCN(C(=O)c2cccc(Oc3ccccc3)c2)CC1. The highest BCUT2D eigenvalue weighted by Gasteiger charge is 2.24. The Morgan fingerprint density at radius 1 is 0.923 bits per heavy atom. The molecule has 1 amide bonds. The van der Waals surface area contributed by atoms with Crippen LogP contribution in [0.15, 0.2) is 54.6 Å². The number of nitrogens with zero attached hydrogens (tertiary/aromatic N) is 2. The van der Waals surface area contributed by atoms with Gasteiger partial charge in [0, 0.05) is 31.7 Å². The van der Waals surface area contributed by atoms with E-state index < -0.39 is 10.0 Å². The summed E-state index contributed by atoms with van der Waals surface area (Å²) < 4.78 is 30.6. The van der Waals surface area contributed by atoms with Crippen molar-refractivity contribution >= 4 is 15.9 Å². The van der Waals surface area contributed by atoms with Crippen molar-refractivity contribution in [1.82, 2.24) is 9.21 Å². The van der Waals surface area contributed by atoms with Crippen molar-refractivity contribution in [1.29, 1.82) is 0 Å². The van der Waals surface area contributed by atoms with Crippen LogP contribution in [0.4, 0.5) is 0 Å². The molecule has 138 valence electrons. The van der Waals surface area contributed by atoms with Gasteiger partial charge in [-0.2, -0.15) is 0 Å². The first kappa shape index (κ1) is 18.4. The first-order valence-electron chi connectivity index (χ1n) is 8.51. The van der Waals surface area contributed by atoms with E-state index in [4.69, 9.17) is 4.74 Å². The molecule has 0 aliphatic carbocycles. The molecule has 3 rings (SSSR count). The van der Waals surface area contributed by atoms with Crippen LogP contribution in [-0.4, -0.2) is 56.0 Å². The number of sulfonamides is 1. The third kappa shape index (κ3) is 4.62. The molecule has 1 saturated heterocycles. The minimum atomic E-state index is -3.23. The van der Waals surface area contributed by atoms with Gasteiger partial charge in [0.15, 0.2) is 0 Å². The normalized spacial score (nSPS) is 16.1. The van der Waals surface area contributed by atoms with Gasteiger partial charge < -0.3 is 9.64 Å². The molecule has 0 N–H and O–H groups in total. The highest BCUT2D eigenvalue weighted by Crippen LogP contribution is 2.22. The molecule has 1 heterocycles. The lowest BCUT2D eigenvalue weighted by Crippen LogP contribution is -2.36. The number of amides is 1. The fourth-order valence-electron chi connectivity index (χ4n) is 2.93. The number of hydrogen-bond acceptors (Lipinski definition) is 4. The maximum absolute atomic E-state index is 12.8. The van der Waals surface area contributed by atoms with Gasteiger partial charge in [-0.1, -0.05) is 24.3 Å². The molecule has 0 aromatic heterocycles. The predicted molar refractivity (Wildman–Crippen MR) is 99.9 cm³/mol. The third-order valence-electron chi connectivity index (χ3n) is 4.27. The van der Waals surface area contributed by atoms with Crippen molar-refractivity contribution in [2.24, 2.45) is 0 Å². The Morgan fingerprint density at radius 2 is 1.65 bits per heavy atom. The number of carbonyl (C=O) groups is 1. The van der Waals surface area contributed by atoms with E-state index in [0.29, 0.717) is 49.7 Å². The Balaban J connectivity index is 1.71. The van der Waals surface area contributed by atoms with Crippen LogP contribution in [-0.2, 0) is 10.0 Å². The summed E-state index contributed by atoms with van der Waals surface area (Å²) in [5.74, 6) is 1.18. The largest absolute Gasteiger partial charge is 0.457 e. The lowest BCUT2D eigenvalue weighted by Gasteiger charge is -2.21. The van der Waals surface area contributed by atoms with E-state index >= 15 is 0 Å². The van der Waals surface area contributed by atoms with Crippen molar-refractivity contribution in [2.45, 2.75) is 6.42 Å². The standard InChI is InChI=1S/C19H22N2O4S/c1-26(23,24)21-12-6-11-20(13-14-21)19(22)16-7-5-10-18(15-16)25-17-8-3-2-4-9-17/h2-5,7-10,15H,6,11-14H2,1H3. The predicted octanol–water partition coefficient (Wildman–Crippen LogP) is 2.59. The topological polar surface area (TPSA) is 66.9 Å². The van der Waals surface area contributed by atoms with Crippen LogP contribution in [0, 0.1) is 0 Å². The number of hydrogen-bond donors (Lipinski definition) is 0. The summed E-state index contributed by atoms with van der Waals surface area (Å²) in [6.07, 6.45) is 1.83. The van der Waals surface area contributed by atoms with Crippen molar-refractivity contribution in [3.8, 4) is 11.5 Å². The summed E-state index contributed by atoms with van der Waals surface area (Å²) in [6, 6.07) is 16.4. The number of rotatable bonds is 4. The van der Waals surface area contributed by atoms with Crippen LogP contribution in [0.2, 0.25) is 0 Å². The Hall–Kier alpha value is -2.38. The summed E-state index contributed by atoms with van der Waals surface area (Å²) in [7, 11) is -3.23. The smallest absolute Gasteiger partial charge is 0.254 e. The molecule has 0 unspecified atom stereocenters. The van der Waals surface area contributed by atoms with Crippen LogP contribution in [0.25, 0.3) is 0 Å². The van der Waals surface area contributed by atoms with Gasteiger partial charge in [0.2, 0.25) is 10.0 Å². The molecule has 2 aromatic rings. The molecule has 1 fully saturated rings. The third-order valence-corrected chi connectivity index (χ3v) is 5.57. The summed E-state index contributed by atoms with van der Waals surface area (Å²) in [4.78, 5) is 14.5. The average molecular weight is 374 g/mol. The maximum Gasteiger partial charge on any atom is 0.254 e. The quantitative estimate of drug-likeness (QED) is 0.825. The van der Waals surface area contributed by atoms with Gasteiger partial charge >= 0.3 is 0 Å². The lowest BCUT2D eigenvalue weighted by atomic mass is 10.2. The Kier molecular flexibility index (Phi) is 5.58. The van der Waals surface area contributed by atoms with Crippen LogP contribution < -0.4 is 4.74 Å². The summed E-state index contributed by atoms with van der Waals surface area (Å²) >= 11 is 0. The molecule has 0 bridgehead atoms. The second kappa shape index (κ2) is 7.88. The molecule has 0 radical (unpaired) electrons. The Labute approximate surface area is 154 Å². The fraction of sp³-hybridized carbons (Fsp3) is 0.316. The minimum absolute atomic E-state index is 0.112. The minimum Gasteiger partial charge on any atom is -0.457 e. The Morgan fingerprint density at radius 3 is 2.38 bits per heavy atom. The second-order valence-electron chi connectivity index (χ2n) is 6.25. The van der Waals surface area contributed by atoms with Crippen molar-refractivity contribution in [3.05, 3.63) is 60.2 Å². The van der Waals surface area contributed by atoms with Crippen LogP contribution in [0.3, 0.4) is 0 Å². The van der Waals surface area contributed by atoms with E-state index in [1.807, 2.05) is 30.3 Å². The van der Waals surface area contributed by atoms with Crippen LogP contribution in [0.5, 0.6) is 11.5 Å². The second-order valence-corrected chi connectivity index (χ2v) is 8.23. The first-order chi connectivity index (χ1) is 12.4. The molecule has 7 heteroatoms. The van der Waals surface area contributed by atoms with E-state index in [1.165, 1.54) is 10.6 Å². The van der Waals surface area contributed by atoms with Crippen LogP contribution >= 0.6 is 0 Å². The van der Waals surface area contributed by atoms with Crippen molar-refractivity contribution < 1.29 is 17.9 Å². The van der Waals surface area contributed by atoms with Gasteiger partial charge in [-0.25, -0.2) is 12.7 Å². The van der Waals surface area contributed by atoms with E-state index in [2.05, 4.69) is 0 Å². The zero-order valence-corrected chi connectivity index (χ0v) is 15.5. The molecule has 2 aromatic carbocycles. The molecule has 1 aliphatic heterocycles. The monoisotopic (exact) mass is 374 g/mol. The van der Waals surface area contributed by atoms with Gasteiger partial charge in [0.1, 0.15) is 11.5 Å². The van der Waals surface area contributed by atoms with Crippen molar-refractivity contribution in [2.75, 3.05) is 32.4 Å². The van der Waals surface area contributed by atoms with Gasteiger partial charge in [-0.15, -0.1) is 0 Å². The molecule has 6 nitrogen and oxygen atoms in total. The number of carbonyl (C=O) groups excluding carboxylic acids is 1. The van der Waals surface area contributed by atoms with Gasteiger partial charge in [0.25, 0.3) is 5.91 Å². The summed E-state index contributed by atoms with van der Waals surface area (Å²) in [6.45, 7) is 1.69. The molecular weight excluding hydrogens is 352 g/mol. The molecule has 0 saturated carbocycles. The molecular formula is C19H22N2O4S. The molecule has 1 aliphatic rings. The van der Waals surface area contributed by atoms with E-state index in [0.717, 1.165) is 0 Å². The van der Waals surface area contributed by atoms with E-state index in [-0.39, 0.29) is 5.91 Å². The Bertz CT molecular complexity index is 868. The lowest BCUT2D eigenvalue weighted by molar-refractivity contribution is 0.0764. The fourth-order valence-corrected chi connectivity index (χ4v) is 3.80. The van der Waals surface area contributed by atoms with Gasteiger partial charge in [0.05, 0.1) is 6.26 Å². The average Bonchev–Trinajstić information content (AvgIpc) is 2.88. The summed E-state index contributed by atoms with van der Waals surface area (Å²) in [5, 5.41) is 0. The first-order valence-corrected chi connectivity index (χ1v) is 10.4. The highest BCUT2D eigenvalue weighted by atomic mass is 32.2. The maximum atomic E-state index is 12.8. The van der Waals surface area contributed by atoms with Crippen molar-refractivity contribution in [3.63, 3.8) is 0 Å². The van der Waals surface area contributed by atoms with Gasteiger partial charge in [-0.05, 0) is 36.8 Å². The molecule has 0 atom stereocenters. The highest BCUT2D eigenvalue weighted by molar-refractivity contribution is 7.88. The van der Waals surface area contributed by atoms with Crippen LogP contribution in [0.1, 0.15) is 16.8 Å².